The molecular weight excluding hydrogens is 510 g/mol. The highest BCUT2D eigenvalue weighted by molar-refractivity contribution is 9.12. The number of allylic oxidation sites excluding steroid dienone is 6. The van der Waals surface area contributed by atoms with Crippen molar-refractivity contribution < 1.29 is 39.0 Å². The second kappa shape index (κ2) is 7.92. The number of hydrogen-bond donors (Lipinski definition) is 2. The zero-order chi connectivity index (χ0) is 24.5. The molecule has 5 rings (SSSR count). The molecule has 0 bridgehead atoms. The van der Waals surface area contributed by atoms with Crippen molar-refractivity contribution in [3.63, 3.8) is 0 Å². The maximum Gasteiger partial charge on any atom is 0.257 e. The van der Waals surface area contributed by atoms with Crippen LogP contribution in [0.3, 0.4) is 0 Å². The number of methoxy groups -OCH3 is 2. The number of fused-ring (bicyclic) bond motifs is 3. The number of phenolic OH excluding ortho intramolecular Hbond substituents is 1. The molecule has 3 aliphatic carbocycles. The standard InChI is InChI=1S/C24H20BrNO8/c1-33-16-5-9(6-17(34-2)22(16)29)18-10-3-4-11-19(24(31)26(32)23(11)30)12(10)7-13-20(18)15(27)8-14(25)21(13)28/h3,5-6,8,11-12,18-19,29,32H,4,7H2,1-2H3/t11-,12+,18-,19-/m0/s1. The summed E-state index contributed by atoms with van der Waals surface area (Å²) in [4.78, 5) is 51.6. The third-order valence-corrected chi connectivity index (χ3v) is 7.73. The number of hydroxylamine groups is 2. The van der Waals surface area contributed by atoms with E-state index in [1.54, 1.807) is 12.1 Å². The normalized spacial score (nSPS) is 28.3. The summed E-state index contributed by atoms with van der Waals surface area (Å²) in [5.74, 6) is -4.95. The molecule has 0 aromatic heterocycles. The molecule has 1 saturated heterocycles. The van der Waals surface area contributed by atoms with Gasteiger partial charge < -0.3 is 14.6 Å². The van der Waals surface area contributed by atoms with Gasteiger partial charge in [-0.15, -0.1) is 0 Å². The molecule has 0 saturated carbocycles. The fourth-order valence-corrected chi connectivity index (χ4v) is 6.10. The van der Waals surface area contributed by atoms with Crippen molar-refractivity contribution in [2.75, 3.05) is 14.2 Å². The fourth-order valence-electron chi connectivity index (χ4n) is 5.65. The van der Waals surface area contributed by atoms with Gasteiger partial charge in [-0.3, -0.25) is 24.4 Å². The molecule has 34 heavy (non-hydrogen) atoms. The van der Waals surface area contributed by atoms with Crippen LogP contribution in [0.1, 0.15) is 24.3 Å². The van der Waals surface area contributed by atoms with E-state index in [4.69, 9.17) is 9.47 Å². The second-order valence-electron chi connectivity index (χ2n) is 8.66. The van der Waals surface area contributed by atoms with Crippen LogP contribution in [-0.4, -0.2) is 53.0 Å². The van der Waals surface area contributed by atoms with Gasteiger partial charge in [-0.05, 0) is 52.4 Å². The Labute approximate surface area is 202 Å². The van der Waals surface area contributed by atoms with Crippen LogP contribution in [-0.2, 0) is 19.2 Å². The highest BCUT2D eigenvalue weighted by Crippen LogP contribution is 2.56. The Morgan fingerprint density at radius 1 is 1.03 bits per heavy atom. The largest absolute Gasteiger partial charge is 0.502 e. The Balaban J connectivity index is 1.75. The van der Waals surface area contributed by atoms with Gasteiger partial charge in [0.1, 0.15) is 0 Å². The van der Waals surface area contributed by atoms with Crippen molar-refractivity contribution in [3.05, 3.63) is 51.0 Å². The Morgan fingerprint density at radius 2 is 1.68 bits per heavy atom. The summed E-state index contributed by atoms with van der Waals surface area (Å²) >= 11 is 3.16. The zero-order valence-electron chi connectivity index (χ0n) is 18.2. The third-order valence-electron chi connectivity index (χ3n) is 7.14. The van der Waals surface area contributed by atoms with E-state index in [-0.39, 0.29) is 62.3 Å². The summed E-state index contributed by atoms with van der Waals surface area (Å²) in [6.45, 7) is 0. The first-order valence-electron chi connectivity index (χ1n) is 10.6. The molecule has 0 unspecified atom stereocenters. The van der Waals surface area contributed by atoms with Gasteiger partial charge in [-0.1, -0.05) is 11.6 Å². The number of amides is 2. The van der Waals surface area contributed by atoms with Crippen LogP contribution >= 0.6 is 15.9 Å². The van der Waals surface area contributed by atoms with Crippen LogP contribution in [0.15, 0.2) is 45.5 Å². The molecule has 176 valence electrons. The number of carbonyl (C=O) groups excluding carboxylic acids is 4. The first-order chi connectivity index (χ1) is 16.2. The smallest absolute Gasteiger partial charge is 0.257 e. The Morgan fingerprint density at radius 3 is 2.29 bits per heavy atom. The molecule has 9 nitrogen and oxygen atoms in total. The van der Waals surface area contributed by atoms with Gasteiger partial charge in [0, 0.05) is 23.1 Å². The van der Waals surface area contributed by atoms with Crippen LogP contribution in [0, 0.1) is 17.8 Å². The van der Waals surface area contributed by atoms with E-state index in [9.17, 15) is 29.5 Å². The van der Waals surface area contributed by atoms with E-state index in [1.165, 1.54) is 20.3 Å². The summed E-state index contributed by atoms with van der Waals surface area (Å²) < 4.78 is 10.7. The first-order valence-corrected chi connectivity index (χ1v) is 11.4. The fraction of sp³-hybridized carbons (Fsp3) is 0.333. The monoisotopic (exact) mass is 529 g/mol. The van der Waals surface area contributed by atoms with Gasteiger partial charge in [0.25, 0.3) is 11.8 Å². The number of aromatic hydroxyl groups is 1. The van der Waals surface area contributed by atoms with Crippen molar-refractivity contribution in [1.82, 2.24) is 5.06 Å². The summed E-state index contributed by atoms with van der Waals surface area (Å²) in [6, 6.07) is 3.13. The lowest BCUT2D eigenvalue weighted by molar-refractivity contribution is -0.173. The molecule has 4 aliphatic rings. The Kier molecular flexibility index (Phi) is 5.25. The Hall–Kier alpha value is -3.24. The van der Waals surface area contributed by atoms with Crippen LogP contribution < -0.4 is 9.47 Å². The minimum Gasteiger partial charge on any atom is -0.502 e. The lowest BCUT2D eigenvalue weighted by atomic mass is 9.59. The molecule has 1 aromatic carbocycles. The average molecular weight is 530 g/mol. The van der Waals surface area contributed by atoms with Crippen LogP contribution in [0.4, 0.5) is 0 Å². The molecule has 2 N–H and O–H groups in total. The van der Waals surface area contributed by atoms with Gasteiger partial charge >= 0.3 is 0 Å². The van der Waals surface area contributed by atoms with E-state index in [0.717, 1.165) is 0 Å². The number of carbonyl (C=O) groups is 4. The molecule has 2 amide bonds. The maximum atomic E-state index is 13.2. The first kappa shape index (κ1) is 22.5. The van der Waals surface area contributed by atoms with E-state index >= 15 is 0 Å². The number of imide groups is 1. The summed E-state index contributed by atoms with van der Waals surface area (Å²) in [5, 5.41) is 20.6. The molecule has 10 heteroatoms. The van der Waals surface area contributed by atoms with Crippen molar-refractivity contribution >= 4 is 39.3 Å². The SMILES string of the molecule is COc1cc([C@H]2C3=CC[C@@H]4C(=O)N(O)C(=O)[C@@H]4[C@@H]3CC3=C2C(=O)C=C(Br)C3=O)cc(OC)c1O. The summed E-state index contributed by atoms with van der Waals surface area (Å²) in [5.41, 5.74) is 1.77. The minimum atomic E-state index is -0.845. The van der Waals surface area contributed by atoms with Crippen molar-refractivity contribution in [2.45, 2.75) is 18.8 Å². The predicted octanol–water partition coefficient (Wildman–Crippen LogP) is 2.56. The van der Waals surface area contributed by atoms with E-state index in [0.29, 0.717) is 11.1 Å². The van der Waals surface area contributed by atoms with Crippen LogP contribution in [0.2, 0.25) is 0 Å². The van der Waals surface area contributed by atoms with Crippen molar-refractivity contribution in [3.8, 4) is 17.2 Å². The predicted molar refractivity (Wildman–Crippen MR) is 119 cm³/mol. The number of halogens is 1. The van der Waals surface area contributed by atoms with Crippen LogP contribution in [0.25, 0.3) is 0 Å². The minimum absolute atomic E-state index is 0.0888. The molecular formula is C24H20BrNO8. The van der Waals surface area contributed by atoms with E-state index in [1.807, 2.05) is 6.08 Å². The molecule has 0 radical (unpaired) electrons. The molecule has 1 aliphatic heterocycles. The van der Waals surface area contributed by atoms with Gasteiger partial charge in [-0.25, -0.2) is 0 Å². The van der Waals surface area contributed by atoms with E-state index in [2.05, 4.69) is 15.9 Å². The number of ether oxygens (including phenoxy) is 2. The summed E-state index contributed by atoms with van der Waals surface area (Å²) in [6.07, 6.45) is 3.35. The van der Waals surface area contributed by atoms with Crippen molar-refractivity contribution in [1.29, 1.82) is 0 Å². The van der Waals surface area contributed by atoms with E-state index < -0.39 is 35.5 Å². The zero-order valence-corrected chi connectivity index (χ0v) is 19.8. The number of hydrogen-bond acceptors (Lipinski definition) is 8. The topological polar surface area (TPSA) is 130 Å². The van der Waals surface area contributed by atoms with Crippen LogP contribution in [0.5, 0.6) is 17.2 Å². The van der Waals surface area contributed by atoms with Gasteiger partial charge in [0.2, 0.25) is 5.75 Å². The molecule has 1 heterocycles. The quantitative estimate of drug-likeness (QED) is 0.264. The third kappa shape index (κ3) is 3.01. The number of ketones is 2. The molecule has 0 spiro atoms. The average Bonchev–Trinajstić information content (AvgIpc) is 3.05. The summed E-state index contributed by atoms with van der Waals surface area (Å²) in [7, 11) is 2.76. The number of rotatable bonds is 3. The van der Waals surface area contributed by atoms with Gasteiger partial charge in [0.15, 0.2) is 23.1 Å². The lowest BCUT2D eigenvalue weighted by Gasteiger charge is -2.42. The number of benzene rings is 1. The highest BCUT2D eigenvalue weighted by atomic mass is 79.9. The molecule has 4 atom stereocenters. The number of phenols is 1. The van der Waals surface area contributed by atoms with Gasteiger partial charge in [0.05, 0.1) is 30.5 Å². The van der Waals surface area contributed by atoms with Gasteiger partial charge in [-0.2, -0.15) is 5.06 Å². The number of Topliss-reactive ketones (excluding diaryl/α,β-unsaturated/α-hetero) is 1. The lowest BCUT2D eigenvalue weighted by Crippen LogP contribution is -2.39. The maximum absolute atomic E-state index is 13.2. The highest BCUT2D eigenvalue weighted by Gasteiger charge is 2.56. The molecule has 1 aromatic rings. The van der Waals surface area contributed by atoms with Crippen molar-refractivity contribution in [2.24, 2.45) is 17.8 Å². The number of nitrogens with zero attached hydrogens (tertiary/aromatic N) is 1. The Bertz CT molecular complexity index is 1250. The molecule has 1 fully saturated rings. The second-order valence-corrected chi connectivity index (χ2v) is 9.51.